The number of nitrogens with one attached hydrogen (secondary N) is 1. The van der Waals surface area contributed by atoms with Gasteiger partial charge in [-0.15, -0.1) is 10.2 Å². The zero-order valence-corrected chi connectivity index (χ0v) is 9.30. The average Bonchev–Trinajstić information content (AvgIpc) is 2.94. The minimum atomic E-state index is 0.447. The summed E-state index contributed by atoms with van der Waals surface area (Å²) in [6, 6.07) is 0.447. The highest BCUT2D eigenvalue weighted by Gasteiger charge is 2.23. The van der Waals surface area contributed by atoms with E-state index in [2.05, 4.69) is 27.4 Å². The van der Waals surface area contributed by atoms with E-state index in [1.807, 2.05) is 10.6 Å². The summed E-state index contributed by atoms with van der Waals surface area (Å²) in [7, 11) is 0. The number of fused-ring (bicyclic) bond motifs is 1. The minimum absolute atomic E-state index is 0.447. The van der Waals surface area contributed by atoms with Gasteiger partial charge in [0.25, 0.3) is 0 Å². The average molecular weight is 217 g/mol. The van der Waals surface area contributed by atoms with Crippen molar-refractivity contribution in [1.82, 2.24) is 19.6 Å². The standard InChI is InChI=1S/C11H15N5/c1-8(6-9-2-3-9)14-10-11-15-13-7-16(11)5-4-12-10/h4-5,7-9H,2-3,6H2,1H3,(H,12,14). The zero-order chi connectivity index (χ0) is 11.0. The molecule has 1 unspecified atom stereocenters. The molecule has 3 rings (SSSR count). The van der Waals surface area contributed by atoms with E-state index in [1.54, 1.807) is 12.5 Å². The maximum atomic E-state index is 4.31. The number of hydrogen-bond acceptors (Lipinski definition) is 4. The molecule has 84 valence electrons. The number of nitrogens with zero attached hydrogens (tertiary/aromatic N) is 4. The molecule has 0 amide bonds. The molecule has 1 N–H and O–H groups in total. The molecule has 2 aromatic heterocycles. The Morgan fingerprint density at radius 3 is 3.25 bits per heavy atom. The van der Waals surface area contributed by atoms with Crippen LogP contribution in [-0.4, -0.2) is 25.6 Å². The van der Waals surface area contributed by atoms with Crippen LogP contribution in [0.15, 0.2) is 18.7 Å². The first-order valence-electron chi connectivity index (χ1n) is 5.74. The molecule has 0 spiro atoms. The van der Waals surface area contributed by atoms with Gasteiger partial charge in [0.15, 0.2) is 5.82 Å². The van der Waals surface area contributed by atoms with Crippen LogP contribution in [0.4, 0.5) is 5.82 Å². The largest absolute Gasteiger partial charge is 0.364 e. The minimum Gasteiger partial charge on any atom is -0.364 e. The van der Waals surface area contributed by atoms with Gasteiger partial charge in [-0.05, 0) is 19.3 Å². The summed E-state index contributed by atoms with van der Waals surface area (Å²) in [6.07, 6.45) is 9.29. The van der Waals surface area contributed by atoms with E-state index < -0.39 is 0 Å². The smallest absolute Gasteiger partial charge is 0.203 e. The van der Waals surface area contributed by atoms with Crippen molar-refractivity contribution in [2.24, 2.45) is 5.92 Å². The summed E-state index contributed by atoms with van der Waals surface area (Å²) in [5.74, 6) is 1.74. The normalized spacial score (nSPS) is 17.6. The van der Waals surface area contributed by atoms with Crippen LogP contribution in [0.5, 0.6) is 0 Å². The summed E-state index contributed by atoms with van der Waals surface area (Å²) in [5.41, 5.74) is 0.796. The third-order valence-corrected chi connectivity index (χ3v) is 2.98. The van der Waals surface area contributed by atoms with E-state index in [1.165, 1.54) is 19.3 Å². The third kappa shape index (κ3) is 1.85. The molecule has 1 aliphatic carbocycles. The topological polar surface area (TPSA) is 55.1 Å². The zero-order valence-electron chi connectivity index (χ0n) is 9.30. The van der Waals surface area contributed by atoms with Crippen LogP contribution in [0.25, 0.3) is 5.65 Å². The molecule has 0 radical (unpaired) electrons. The number of aromatic nitrogens is 4. The summed E-state index contributed by atoms with van der Waals surface area (Å²) in [4.78, 5) is 4.31. The van der Waals surface area contributed by atoms with Crippen molar-refractivity contribution in [3.05, 3.63) is 18.7 Å². The maximum Gasteiger partial charge on any atom is 0.203 e. The van der Waals surface area contributed by atoms with Crippen molar-refractivity contribution in [2.45, 2.75) is 32.2 Å². The Morgan fingerprint density at radius 1 is 1.56 bits per heavy atom. The molecule has 5 heteroatoms. The van der Waals surface area contributed by atoms with Crippen molar-refractivity contribution >= 4 is 11.5 Å². The Bertz CT molecular complexity index is 488. The predicted molar refractivity (Wildman–Crippen MR) is 61.2 cm³/mol. The molecule has 1 aliphatic rings. The summed E-state index contributed by atoms with van der Waals surface area (Å²) < 4.78 is 1.87. The van der Waals surface area contributed by atoms with Crippen molar-refractivity contribution in [1.29, 1.82) is 0 Å². The van der Waals surface area contributed by atoms with Gasteiger partial charge in [-0.3, -0.25) is 4.40 Å². The quantitative estimate of drug-likeness (QED) is 0.847. The second kappa shape index (κ2) is 3.73. The Morgan fingerprint density at radius 2 is 2.44 bits per heavy atom. The highest BCUT2D eigenvalue weighted by atomic mass is 15.2. The summed E-state index contributed by atoms with van der Waals surface area (Å²) >= 11 is 0. The van der Waals surface area contributed by atoms with Gasteiger partial charge in [0.1, 0.15) is 6.33 Å². The fourth-order valence-corrected chi connectivity index (χ4v) is 2.01. The number of rotatable bonds is 4. The van der Waals surface area contributed by atoms with Gasteiger partial charge >= 0.3 is 0 Å². The lowest BCUT2D eigenvalue weighted by Gasteiger charge is -2.13. The van der Waals surface area contributed by atoms with Gasteiger partial charge in [0, 0.05) is 18.4 Å². The van der Waals surface area contributed by atoms with E-state index >= 15 is 0 Å². The van der Waals surface area contributed by atoms with E-state index in [-0.39, 0.29) is 0 Å². The van der Waals surface area contributed by atoms with Gasteiger partial charge in [0.05, 0.1) is 0 Å². The molecule has 16 heavy (non-hydrogen) atoms. The lowest BCUT2D eigenvalue weighted by molar-refractivity contribution is 0.640. The van der Waals surface area contributed by atoms with Crippen LogP contribution in [0, 0.1) is 5.92 Å². The van der Waals surface area contributed by atoms with Crippen LogP contribution in [0.2, 0.25) is 0 Å². The van der Waals surface area contributed by atoms with Gasteiger partial charge in [-0.25, -0.2) is 4.98 Å². The summed E-state index contributed by atoms with van der Waals surface area (Å²) in [5, 5.41) is 11.3. The Balaban J connectivity index is 1.79. The molecule has 0 bridgehead atoms. The molecule has 0 saturated heterocycles. The first kappa shape index (κ1) is 9.57. The van der Waals surface area contributed by atoms with Gasteiger partial charge in [-0.1, -0.05) is 12.8 Å². The van der Waals surface area contributed by atoms with Crippen LogP contribution < -0.4 is 5.32 Å². The molecule has 0 aliphatic heterocycles. The van der Waals surface area contributed by atoms with Crippen LogP contribution in [0.1, 0.15) is 26.2 Å². The molecule has 0 aromatic carbocycles. The van der Waals surface area contributed by atoms with Gasteiger partial charge in [-0.2, -0.15) is 0 Å². The predicted octanol–water partition coefficient (Wildman–Crippen LogP) is 1.72. The van der Waals surface area contributed by atoms with Crippen molar-refractivity contribution in [3.8, 4) is 0 Å². The monoisotopic (exact) mass is 217 g/mol. The maximum absolute atomic E-state index is 4.31. The van der Waals surface area contributed by atoms with E-state index in [9.17, 15) is 0 Å². The Labute approximate surface area is 93.9 Å². The molecule has 5 nitrogen and oxygen atoms in total. The molecule has 2 heterocycles. The first-order chi connectivity index (χ1) is 7.83. The van der Waals surface area contributed by atoms with Gasteiger partial charge < -0.3 is 5.32 Å². The molecule has 1 atom stereocenters. The molecular weight excluding hydrogens is 202 g/mol. The molecule has 1 saturated carbocycles. The van der Waals surface area contributed by atoms with Crippen molar-refractivity contribution in [2.75, 3.05) is 5.32 Å². The second-order valence-electron chi connectivity index (χ2n) is 4.56. The fraction of sp³-hybridized carbons (Fsp3) is 0.545. The number of hydrogen-bond donors (Lipinski definition) is 1. The lowest BCUT2D eigenvalue weighted by atomic mass is 10.1. The van der Waals surface area contributed by atoms with E-state index in [0.717, 1.165) is 17.4 Å². The number of anilines is 1. The lowest BCUT2D eigenvalue weighted by Crippen LogP contribution is -2.17. The van der Waals surface area contributed by atoms with Crippen molar-refractivity contribution < 1.29 is 0 Å². The summed E-state index contributed by atoms with van der Waals surface area (Å²) in [6.45, 7) is 2.19. The second-order valence-corrected chi connectivity index (χ2v) is 4.56. The Hall–Kier alpha value is -1.65. The van der Waals surface area contributed by atoms with Crippen LogP contribution in [-0.2, 0) is 0 Å². The first-order valence-corrected chi connectivity index (χ1v) is 5.74. The van der Waals surface area contributed by atoms with E-state index in [4.69, 9.17) is 0 Å². The third-order valence-electron chi connectivity index (χ3n) is 2.98. The highest BCUT2D eigenvalue weighted by molar-refractivity contribution is 5.61. The molecule has 2 aromatic rings. The molecule has 1 fully saturated rings. The fourth-order valence-electron chi connectivity index (χ4n) is 2.01. The van der Waals surface area contributed by atoms with Crippen molar-refractivity contribution in [3.63, 3.8) is 0 Å². The SMILES string of the molecule is CC(CC1CC1)Nc1nccn2cnnc12. The highest BCUT2D eigenvalue weighted by Crippen LogP contribution is 2.34. The van der Waals surface area contributed by atoms with Gasteiger partial charge in [0.2, 0.25) is 5.65 Å². The Kier molecular flexibility index (Phi) is 2.23. The van der Waals surface area contributed by atoms with E-state index in [0.29, 0.717) is 6.04 Å². The molecular formula is C11H15N5. The van der Waals surface area contributed by atoms with Crippen LogP contribution in [0.3, 0.4) is 0 Å². The van der Waals surface area contributed by atoms with Crippen LogP contribution >= 0.6 is 0 Å².